The highest BCUT2D eigenvalue weighted by atomic mass is 19.3. The molecule has 0 spiro atoms. The van der Waals surface area contributed by atoms with Crippen LogP contribution < -0.4 is 5.32 Å². The van der Waals surface area contributed by atoms with Gasteiger partial charge in [0, 0.05) is 43.0 Å². The summed E-state index contributed by atoms with van der Waals surface area (Å²) in [6.07, 6.45) is -2.36. The van der Waals surface area contributed by atoms with Crippen LogP contribution in [0.5, 0.6) is 0 Å². The van der Waals surface area contributed by atoms with Crippen LogP contribution in [0.25, 0.3) is 0 Å². The second kappa shape index (κ2) is 8.73. The summed E-state index contributed by atoms with van der Waals surface area (Å²) in [6.45, 7) is 1.50. The normalized spacial score (nSPS) is 15.0. The Bertz CT molecular complexity index is 774. The number of anilines is 1. The summed E-state index contributed by atoms with van der Waals surface area (Å²) >= 11 is 0. The fraction of sp³-hybridized carbons (Fsp3) is 0.300. The van der Waals surface area contributed by atoms with Crippen molar-refractivity contribution < 1.29 is 18.4 Å². The van der Waals surface area contributed by atoms with E-state index in [9.17, 15) is 18.4 Å². The monoisotopic (exact) mass is 373 g/mol. The fourth-order valence-electron chi connectivity index (χ4n) is 3.00. The first-order valence-electron chi connectivity index (χ1n) is 8.79. The summed E-state index contributed by atoms with van der Waals surface area (Å²) in [4.78, 5) is 28.0. The molecule has 1 fully saturated rings. The van der Waals surface area contributed by atoms with E-state index in [1.54, 1.807) is 58.3 Å². The number of nitrogens with one attached hydrogen (secondary N) is 1. The smallest absolute Gasteiger partial charge is 0.255 e. The Morgan fingerprint density at radius 1 is 0.889 bits per heavy atom. The largest absolute Gasteiger partial charge is 0.336 e. The topological polar surface area (TPSA) is 52.7 Å². The van der Waals surface area contributed by atoms with Crippen molar-refractivity contribution in [1.82, 2.24) is 9.80 Å². The molecule has 2 amide bonds. The summed E-state index contributed by atoms with van der Waals surface area (Å²) in [5.41, 5.74) is 1.66. The van der Waals surface area contributed by atoms with Gasteiger partial charge in [-0.3, -0.25) is 14.5 Å². The van der Waals surface area contributed by atoms with Gasteiger partial charge in [-0.2, -0.15) is 0 Å². The lowest BCUT2D eigenvalue weighted by Crippen LogP contribution is -2.49. The number of carbonyl (C=O) groups is 2. The zero-order chi connectivity index (χ0) is 19.2. The van der Waals surface area contributed by atoms with Crippen molar-refractivity contribution in [3.05, 3.63) is 65.7 Å². The molecule has 2 aromatic rings. The third kappa shape index (κ3) is 5.10. The lowest BCUT2D eigenvalue weighted by atomic mass is 10.1. The van der Waals surface area contributed by atoms with Gasteiger partial charge >= 0.3 is 0 Å². The molecular formula is C20H21F2N3O2. The first-order valence-corrected chi connectivity index (χ1v) is 8.79. The van der Waals surface area contributed by atoms with Gasteiger partial charge in [0.15, 0.2) is 0 Å². The standard InChI is InChI=1S/C20H21F2N3O2/c21-18(22)14-24-10-12-25(13-11-24)20(27)16-6-8-17(9-7-16)23-19(26)15-4-2-1-3-5-15/h1-9,18H,10-14H2,(H,23,26). The minimum Gasteiger partial charge on any atom is -0.336 e. The summed E-state index contributed by atoms with van der Waals surface area (Å²) < 4.78 is 24.8. The molecule has 2 aromatic carbocycles. The maximum atomic E-state index is 12.6. The predicted octanol–water partition coefficient (Wildman–Crippen LogP) is 2.96. The molecule has 27 heavy (non-hydrogen) atoms. The second-order valence-electron chi connectivity index (χ2n) is 6.38. The van der Waals surface area contributed by atoms with Gasteiger partial charge in [0.2, 0.25) is 0 Å². The van der Waals surface area contributed by atoms with Crippen molar-refractivity contribution in [3.63, 3.8) is 0 Å². The molecule has 142 valence electrons. The number of carbonyl (C=O) groups excluding carboxylic acids is 2. The highest BCUT2D eigenvalue weighted by Crippen LogP contribution is 2.15. The molecule has 1 aliphatic rings. The summed E-state index contributed by atoms with van der Waals surface area (Å²) in [5.74, 6) is -0.350. The van der Waals surface area contributed by atoms with E-state index in [0.717, 1.165) is 0 Å². The highest BCUT2D eigenvalue weighted by molar-refractivity contribution is 6.04. The molecule has 3 rings (SSSR count). The average Bonchev–Trinajstić information content (AvgIpc) is 2.69. The van der Waals surface area contributed by atoms with E-state index >= 15 is 0 Å². The van der Waals surface area contributed by atoms with Gasteiger partial charge in [-0.25, -0.2) is 8.78 Å². The Morgan fingerprint density at radius 2 is 1.52 bits per heavy atom. The predicted molar refractivity (Wildman–Crippen MR) is 99.2 cm³/mol. The number of rotatable bonds is 5. The first-order chi connectivity index (χ1) is 13.0. The van der Waals surface area contributed by atoms with Crippen LogP contribution in [0.3, 0.4) is 0 Å². The first kappa shape index (κ1) is 19.0. The van der Waals surface area contributed by atoms with E-state index in [1.807, 2.05) is 6.07 Å². The summed E-state index contributed by atoms with van der Waals surface area (Å²) in [6, 6.07) is 15.5. The van der Waals surface area contributed by atoms with Crippen molar-refractivity contribution in [2.45, 2.75) is 6.43 Å². The van der Waals surface area contributed by atoms with Crippen LogP contribution in [-0.4, -0.2) is 60.8 Å². The molecule has 0 saturated carbocycles. The molecule has 0 radical (unpaired) electrons. The number of hydrogen-bond acceptors (Lipinski definition) is 3. The molecule has 1 aliphatic heterocycles. The molecule has 1 N–H and O–H groups in total. The second-order valence-corrected chi connectivity index (χ2v) is 6.38. The van der Waals surface area contributed by atoms with E-state index in [4.69, 9.17) is 0 Å². The van der Waals surface area contributed by atoms with E-state index in [2.05, 4.69) is 5.32 Å². The number of nitrogens with zero attached hydrogens (tertiary/aromatic N) is 2. The number of alkyl halides is 2. The van der Waals surface area contributed by atoms with Gasteiger partial charge in [0.1, 0.15) is 0 Å². The van der Waals surface area contributed by atoms with E-state index in [0.29, 0.717) is 43.0 Å². The lowest BCUT2D eigenvalue weighted by Gasteiger charge is -2.34. The zero-order valence-electron chi connectivity index (χ0n) is 14.8. The van der Waals surface area contributed by atoms with Crippen LogP contribution in [-0.2, 0) is 0 Å². The minimum absolute atomic E-state index is 0.132. The summed E-state index contributed by atoms with van der Waals surface area (Å²) in [5, 5.41) is 2.79. The SMILES string of the molecule is O=C(Nc1ccc(C(=O)N2CCN(CC(F)F)CC2)cc1)c1ccccc1. The Hall–Kier alpha value is -2.80. The maximum Gasteiger partial charge on any atom is 0.255 e. The number of halogens is 2. The van der Waals surface area contributed by atoms with Gasteiger partial charge in [-0.1, -0.05) is 18.2 Å². The number of benzene rings is 2. The Balaban J connectivity index is 1.56. The van der Waals surface area contributed by atoms with Gasteiger partial charge < -0.3 is 10.2 Å². The number of hydrogen-bond donors (Lipinski definition) is 1. The molecular weight excluding hydrogens is 352 g/mol. The third-order valence-electron chi connectivity index (χ3n) is 4.48. The molecule has 7 heteroatoms. The van der Waals surface area contributed by atoms with Gasteiger partial charge in [0.25, 0.3) is 18.2 Å². The lowest BCUT2D eigenvalue weighted by molar-refractivity contribution is 0.0459. The molecule has 1 heterocycles. The van der Waals surface area contributed by atoms with Crippen molar-refractivity contribution in [3.8, 4) is 0 Å². The van der Waals surface area contributed by atoms with E-state index in [1.165, 1.54) is 0 Å². The number of piperazine rings is 1. The van der Waals surface area contributed by atoms with Crippen molar-refractivity contribution >= 4 is 17.5 Å². The van der Waals surface area contributed by atoms with Crippen molar-refractivity contribution in [2.75, 3.05) is 38.0 Å². The Morgan fingerprint density at radius 3 is 2.11 bits per heavy atom. The van der Waals surface area contributed by atoms with Crippen LogP contribution >= 0.6 is 0 Å². The molecule has 1 saturated heterocycles. The number of amides is 2. The van der Waals surface area contributed by atoms with Gasteiger partial charge in [-0.05, 0) is 36.4 Å². The molecule has 0 bridgehead atoms. The van der Waals surface area contributed by atoms with Gasteiger partial charge in [-0.15, -0.1) is 0 Å². The quantitative estimate of drug-likeness (QED) is 0.877. The molecule has 0 aliphatic carbocycles. The van der Waals surface area contributed by atoms with E-state index < -0.39 is 6.43 Å². The molecule has 0 aromatic heterocycles. The Kier molecular flexibility index (Phi) is 6.13. The van der Waals surface area contributed by atoms with Crippen LogP contribution in [0.4, 0.5) is 14.5 Å². The Labute approximate surface area is 156 Å². The molecule has 0 unspecified atom stereocenters. The molecule has 0 atom stereocenters. The fourth-order valence-corrected chi connectivity index (χ4v) is 3.00. The minimum atomic E-state index is -2.36. The van der Waals surface area contributed by atoms with Crippen LogP contribution in [0.1, 0.15) is 20.7 Å². The van der Waals surface area contributed by atoms with Crippen LogP contribution in [0, 0.1) is 0 Å². The third-order valence-corrected chi connectivity index (χ3v) is 4.48. The van der Waals surface area contributed by atoms with Crippen molar-refractivity contribution in [2.24, 2.45) is 0 Å². The maximum absolute atomic E-state index is 12.6. The highest BCUT2D eigenvalue weighted by Gasteiger charge is 2.23. The average molecular weight is 373 g/mol. The molecule has 5 nitrogen and oxygen atoms in total. The zero-order valence-corrected chi connectivity index (χ0v) is 14.8. The van der Waals surface area contributed by atoms with Crippen molar-refractivity contribution in [1.29, 1.82) is 0 Å². The van der Waals surface area contributed by atoms with E-state index in [-0.39, 0.29) is 18.4 Å². The van der Waals surface area contributed by atoms with Gasteiger partial charge in [0.05, 0.1) is 6.54 Å². The van der Waals surface area contributed by atoms with Crippen LogP contribution in [0.15, 0.2) is 54.6 Å². The van der Waals surface area contributed by atoms with Crippen LogP contribution in [0.2, 0.25) is 0 Å². The summed E-state index contributed by atoms with van der Waals surface area (Å²) in [7, 11) is 0.